The van der Waals surface area contributed by atoms with Crippen molar-refractivity contribution < 1.29 is 0 Å². The molecule has 0 rings (SSSR count). The molecule has 0 aliphatic carbocycles. The third kappa shape index (κ3) is 4.35. The molecule has 1 nitrogen and oxygen atoms in total. The van der Waals surface area contributed by atoms with Crippen molar-refractivity contribution in [1.82, 2.24) is 4.90 Å². The standard InChI is InChI=1S/C15H33GeN/c1-8-16(9-2,10-3)15(14(6)7)13-17(11-4)12-5/h13-14H,8-12H2,1-7H3/b15-13+. The second kappa shape index (κ2) is 8.23. The Morgan fingerprint density at radius 2 is 1.35 bits per heavy atom. The summed E-state index contributed by atoms with van der Waals surface area (Å²) in [5, 5.41) is 4.33. The Balaban J connectivity index is 5.32. The van der Waals surface area contributed by atoms with Crippen molar-refractivity contribution in [2.75, 3.05) is 13.1 Å². The Morgan fingerprint density at radius 1 is 0.941 bits per heavy atom. The minimum atomic E-state index is -1.75. The Morgan fingerprint density at radius 3 is 1.59 bits per heavy atom. The summed E-state index contributed by atoms with van der Waals surface area (Å²) >= 11 is -1.75. The molecule has 0 N–H and O–H groups in total. The Bertz CT molecular complexity index is 217. The zero-order valence-electron chi connectivity index (χ0n) is 13.1. The minimum absolute atomic E-state index is 0.732. The first-order valence-corrected chi connectivity index (χ1v) is 13.0. The van der Waals surface area contributed by atoms with Crippen LogP contribution in [0.3, 0.4) is 0 Å². The van der Waals surface area contributed by atoms with E-state index in [2.05, 4.69) is 59.6 Å². The van der Waals surface area contributed by atoms with Gasteiger partial charge in [-0.1, -0.05) is 0 Å². The van der Waals surface area contributed by atoms with E-state index in [0.717, 1.165) is 19.0 Å². The molecule has 0 radical (unpaired) electrons. The molecule has 0 saturated carbocycles. The van der Waals surface area contributed by atoms with Crippen molar-refractivity contribution >= 4 is 13.3 Å². The average Bonchev–Trinajstić information content (AvgIpc) is 2.35. The molecule has 0 saturated heterocycles. The van der Waals surface area contributed by atoms with Crippen molar-refractivity contribution in [2.24, 2.45) is 5.92 Å². The number of hydrogen-bond acceptors (Lipinski definition) is 1. The molecule has 17 heavy (non-hydrogen) atoms. The molecule has 0 aromatic heterocycles. The van der Waals surface area contributed by atoms with Crippen LogP contribution in [0.5, 0.6) is 0 Å². The molecule has 0 spiro atoms. The van der Waals surface area contributed by atoms with Crippen molar-refractivity contribution in [1.29, 1.82) is 0 Å². The predicted octanol–water partition coefficient (Wildman–Crippen LogP) is 4.92. The topological polar surface area (TPSA) is 3.24 Å². The zero-order chi connectivity index (χ0) is 13.5. The van der Waals surface area contributed by atoms with Gasteiger partial charge in [0, 0.05) is 0 Å². The maximum absolute atomic E-state index is 2.53. The first kappa shape index (κ1) is 17.1. The third-order valence-corrected chi connectivity index (χ3v) is 17.0. The van der Waals surface area contributed by atoms with Gasteiger partial charge in [-0.15, -0.1) is 0 Å². The van der Waals surface area contributed by atoms with Crippen LogP contribution in [0.4, 0.5) is 0 Å². The Kier molecular flexibility index (Phi) is 8.27. The van der Waals surface area contributed by atoms with E-state index in [0.29, 0.717) is 0 Å². The van der Waals surface area contributed by atoms with Gasteiger partial charge in [-0.25, -0.2) is 0 Å². The molecule has 2 heteroatoms. The van der Waals surface area contributed by atoms with Crippen LogP contribution in [0.25, 0.3) is 0 Å². The zero-order valence-corrected chi connectivity index (χ0v) is 15.2. The van der Waals surface area contributed by atoms with Gasteiger partial charge in [-0.05, 0) is 0 Å². The van der Waals surface area contributed by atoms with Gasteiger partial charge >= 0.3 is 112 Å². The predicted molar refractivity (Wildman–Crippen MR) is 83.0 cm³/mol. The van der Waals surface area contributed by atoms with Crippen LogP contribution in [0.2, 0.25) is 15.8 Å². The molecular formula is C15H33GeN. The fourth-order valence-electron chi connectivity index (χ4n) is 2.86. The monoisotopic (exact) mass is 301 g/mol. The van der Waals surface area contributed by atoms with Crippen molar-refractivity contribution in [3.05, 3.63) is 10.6 Å². The molecule has 0 aliphatic rings. The molecule has 0 aromatic carbocycles. The second-order valence-corrected chi connectivity index (χ2v) is 16.3. The Labute approximate surface area is 112 Å². The van der Waals surface area contributed by atoms with E-state index in [1.54, 1.807) is 0 Å². The average molecular weight is 300 g/mol. The van der Waals surface area contributed by atoms with E-state index >= 15 is 0 Å². The molecule has 0 fully saturated rings. The molecule has 0 amide bonds. The van der Waals surface area contributed by atoms with E-state index in [1.807, 2.05) is 4.41 Å². The van der Waals surface area contributed by atoms with E-state index in [4.69, 9.17) is 0 Å². The first-order valence-electron chi connectivity index (χ1n) is 7.47. The summed E-state index contributed by atoms with van der Waals surface area (Å²) in [7, 11) is 0. The quantitative estimate of drug-likeness (QED) is 0.575. The van der Waals surface area contributed by atoms with E-state index in [-0.39, 0.29) is 0 Å². The summed E-state index contributed by atoms with van der Waals surface area (Å²) in [6.45, 7) is 18.8. The fourth-order valence-corrected chi connectivity index (χ4v) is 12.1. The molecule has 0 unspecified atom stereocenters. The summed E-state index contributed by atoms with van der Waals surface area (Å²) in [6.07, 6.45) is 2.53. The van der Waals surface area contributed by atoms with Crippen LogP contribution in [0, 0.1) is 5.92 Å². The van der Waals surface area contributed by atoms with Crippen molar-refractivity contribution in [3.63, 3.8) is 0 Å². The third-order valence-electron chi connectivity index (χ3n) is 4.40. The van der Waals surface area contributed by atoms with Crippen molar-refractivity contribution in [2.45, 2.75) is 64.2 Å². The molecule has 0 atom stereocenters. The number of allylic oxidation sites excluding steroid dienone is 1. The second-order valence-electron chi connectivity index (χ2n) is 5.30. The molecule has 0 aliphatic heterocycles. The van der Waals surface area contributed by atoms with Gasteiger partial charge in [0.1, 0.15) is 0 Å². The van der Waals surface area contributed by atoms with Crippen LogP contribution >= 0.6 is 0 Å². The molecule has 102 valence electrons. The first-order chi connectivity index (χ1) is 8.01. The Hall–Kier alpha value is 0.0829. The molecule has 0 aromatic rings. The molecular weight excluding hydrogens is 267 g/mol. The van der Waals surface area contributed by atoms with Gasteiger partial charge in [0.2, 0.25) is 0 Å². The summed E-state index contributed by atoms with van der Waals surface area (Å²) < 4.78 is 1.83. The van der Waals surface area contributed by atoms with Crippen LogP contribution < -0.4 is 0 Å². The summed E-state index contributed by atoms with van der Waals surface area (Å²) in [5.41, 5.74) is 0. The van der Waals surface area contributed by atoms with Gasteiger partial charge < -0.3 is 0 Å². The maximum atomic E-state index is 2.53. The molecule has 0 bridgehead atoms. The number of nitrogens with zero attached hydrogens (tertiary/aromatic N) is 1. The fraction of sp³-hybridized carbons (Fsp3) is 0.867. The van der Waals surface area contributed by atoms with Crippen LogP contribution in [0.15, 0.2) is 10.6 Å². The normalized spacial score (nSPS) is 13.3. The summed E-state index contributed by atoms with van der Waals surface area (Å²) in [4.78, 5) is 2.48. The van der Waals surface area contributed by atoms with E-state index < -0.39 is 13.3 Å². The van der Waals surface area contributed by atoms with Crippen molar-refractivity contribution in [3.8, 4) is 0 Å². The van der Waals surface area contributed by atoms with Gasteiger partial charge in [-0.2, -0.15) is 0 Å². The van der Waals surface area contributed by atoms with Crippen LogP contribution in [0.1, 0.15) is 48.5 Å². The SMILES string of the molecule is CCN(/C=[C](\C(C)C)[Ge]([CH2]C)([CH2]C)[CH2]C)CC. The van der Waals surface area contributed by atoms with Crippen LogP contribution in [-0.4, -0.2) is 31.3 Å². The van der Waals surface area contributed by atoms with E-state index in [1.165, 1.54) is 15.8 Å². The van der Waals surface area contributed by atoms with Gasteiger partial charge in [0.25, 0.3) is 0 Å². The number of hydrogen-bond donors (Lipinski definition) is 0. The van der Waals surface area contributed by atoms with Gasteiger partial charge in [0.05, 0.1) is 0 Å². The number of rotatable bonds is 8. The van der Waals surface area contributed by atoms with E-state index in [9.17, 15) is 0 Å². The molecule has 0 heterocycles. The summed E-state index contributed by atoms with van der Waals surface area (Å²) in [6, 6.07) is 0. The van der Waals surface area contributed by atoms with Gasteiger partial charge in [-0.3, -0.25) is 0 Å². The van der Waals surface area contributed by atoms with Crippen LogP contribution in [-0.2, 0) is 0 Å². The van der Waals surface area contributed by atoms with Gasteiger partial charge in [0.15, 0.2) is 0 Å². The summed E-state index contributed by atoms with van der Waals surface area (Å²) in [5.74, 6) is 0.732.